The molecule has 0 fully saturated rings. The van der Waals surface area contributed by atoms with Crippen LogP contribution in [0.25, 0.3) is 0 Å². The zero-order chi connectivity index (χ0) is 12.2. The smallest absolute Gasteiger partial charge is 0.149 e. The number of sulfone groups is 1. The highest BCUT2D eigenvalue weighted by Gasteiger charge is 2.07. The normalized spacial score (nSPS) is 11.4. The van der Waals surface area contributed by atoms with E-state index in [1.165, 1.54) is 6.07 Å². The van der Waals surface area contributed by atoms with Crippen LogP contribution in [-0.4, -0.2) is 27.0 Å². The Labute approximate surface area is 93.4 Å². The first-order valence-electron chi connectivity index (χ1n) is 4.76. The van der Waals surface area contributed by atoms with Crippen LogP contribution in [0.15, 0.2) is 18.2 Å². The minimum atomic E-state index is -3.03. The zero-order valence-corrected chi connectivity index (χ0v) is 9.65. The lowest BCUT2D eigenvalue weighted by atomic mass is 10.3. The molecule has 0 amide bonds. The lowest BCUT2D eigenvalue weighted by Crippen LogP contribution is -2.11. The van der Waals surface area contributed by atoms with Gasteiger partial charge in [-0.15, -0.1) is 0 Å². The van der Waals surface area contributed by atoms with Crippen molar-refractivity contribution in [2.45, 2.75) is 6.42 Å². The fourth-order valence-electron chi connectivity index (χ4n) is 1.21. The molecular weight excluding hydrogens is 236 g/mol. The number of halogens is 2. The molecule has 0 heterocycles. The van der Waals surface area contributed by atoms with Crippen molar-refractivity contribution in [1.82, 2.24) is 0 Å². The van der Waals surface area contributed by atoms with Crippen molar-refractivity contribution in [3.05, 3.63) is 29.8 Å². The van der Waals surface area contributed by atoms with Crippen LogP contribution >= 0.6 is 0 Å². The molecule has 1 N–H and O–H groups in total. The Morgan fingerprint density at radius 3 is 2.31 bits per heavy atom. The highest BCUT2D eigenvalue weighted by Crippen LogP contribution is 2.17. The Morgan fingerprint density at radius 1 is 1.25 bits per heavy atom. The molecule has 0 atom stereocenters. The molecular formula is C10H13F2NO2S. The summed E-state index contributed by atoms with van der Waals surface area (Å²) in [5, 5.41) is 2.54. The fraction of sp³-hybridized carbons (Fsp3) is 0.400. The van der Waals surface area contributed by atoms with Gasteiger partial charge in [0.1, 0.15) is 27.2 Å². The standard InChI is InChI=1S/C10H13F2NO2S/c1-16(14,15)7-3-6-13-10-8(11)4-2-5-9(10)12/h2,4-5,13H,3,6-7H2,1H3. The average Bonchev–Trinajstić information content (AvgIpc) is 2.14. The molecule has 0 aliphatic carbocycles. The predicted octanol–water partition coefficient (Wildman–Crippen LogP) is 1.81. The predicted molar refractivity (Wildman–Crippen MR) is 59.2 cm³/mol. The monoisotopic (exact) mass is 249 g/mol. The van der Waals surface area contributed by atoms with E-state index in [0.717, 1.165) is 18.4 Å². The Balaban J connectivity index is 2.49. The van der Waals surface area contributed by atoms with E-state index < -0.39 is 21.5 Å². The quantitative estimate of drug-likeness (QED) is 0.809. The molecule has 90 valence electrons. The molecule has 0 unspecified atom stereocenters. The van der Waals surface area contributed by atoms with Crippen LogP contribution < -0.4 is 5.32 Å². The third kappa shape index (κ3) is 4.14. The molecule has 1 rings (SSSR count). The van der Waals surface area contributed by atoms with E-state index in [0.29, 0.717) is 6.42 Å². The van der Waals surface area contributed by atoms with Crippen molar-refractivity contribution in [1.29, 1.82) is 0 Å². The third-order valence-electron chi connectivity index (χ3n) is 1.96. The minimum absolute atomic E-state index is 0.00390. The summed E-state index contributed by atoms with van der Waals surface area (Å²) >= 11 is 0. The van der Waals surface area contributed by atoms with Gasteiger partial charge in [0, 0.05) is 12.8 Å². The summed E-state index contributed by atoms with van der Waals surface area (Å²) in [6.07, 6.45) is 1.43. The van der Waals surface area contributed by atoms with Gasteiger partial charge in [-0.3, -0.25) is 0 Å². The Kier molecular flexibility index (Phi) is 4.23. The molecule has 6 heteroatoms. The Hall–Kier alpha value is -1.17. The van der Waals surface area contributed by atoms with Gasteiger partial charge in [0.15, 0.2) is 0 Å². The van der Waals surface area contributed by atoms with E-state index in [-0.39, 0.29) is 18.0 Å². The molecule has 16 heavy (non-hydrogen) atoms. The minimum Gasteiger partial charge on any atom is -0.380 e. The van der Waals surface area contributed by atoms with Gasteiger partial charge < -0.3 is 5.32 Å². The SMILES string of the molecule is CS(=O)(=O)CCCNc1c(F)cccc1F. The molecule has 0 saturated heterocycles. The van der Waals surface area contributed by atoms with Crippen molar-refractivity contribution in [2.24, 2.45) is 0 Å². The molecule has 0 aliphatic heterocycles. The number of rotatable bonds is 5. The summed E-state index contributed by atoms with van der Waals surface area (Å²) in [7, 11) is -3.03. The second-order valence-corrected chi connectivity index (χ2v) is 5.77. The van der Waals surface area contributed by atoms with E-state index >= 15 is 0 Å². The summed E-state index contributed by atoms with van der Waals surface area (Å²) in [4.78, 5) is 0. The maximum atomic E-state index is 13.1. The summed E-state index contributed by atoms with van der Waals surface area (Å²) in [6.45, 7) is 0.213. The number of para-hydroxylation sites is 1. The molecule has 0 aliphatic rings. The van der Waals surface area contributed by atoms with Gasteiger partial charge in [0.25, 0.3) is 0 Å². The van der Waals surface area contributed by atoms with Crippen molar-refractivity contribution in [2.75, 3.05) is 23.9 Å². The van der Waals surface area contributed by atoms with Gasteiger partial charge in [-0.05, 0) is 18.6 Å². The van der Waals surface area contributed by atoms with Crippen molar-refractivity contribution in [3.8, 4) is 0 Å². The first-order chi connectivity index (χ1) is 7.40. The van der Waals surface area contributed by atoms with Gasteiger partial charge in [-0.2, -0.15) is 0 Å². The molecule has 3 nitrogen and oxygen atoms in total. The molecule has 0 spiro atoms. The number of benzene rings is 1. The molecule has 0 bridgehead atoms. The second-order valence-electron chi connectivity index (χ2n) is 3.51. The van der Waals surface area contributed by atoms with Crippen LogP contribution in [0.1, 0.15) is 6.42 Å². The van der Waals surface area contributed by atoms with Crippen LogP contribution in [0.3, 0.4) is 0 Å². The molecule has 0 aromatic heterocycles. The topological polar surface area (TPSA) is 46.2 Å². The lowest BCUT2D eigenvalue weighted by molar-refractivity contribution is 0.587. The number of hydrogen-bond donors (Lipinski definition) is 1. The maximum Gasteiger partial charge on any atom is 0.149 e. The molecule has 0 saturated carbocycles. The van der Waals surface area contributed by atoms with E-state index in [2.05, 4.69) is 5.32 Å². The Bertz CT molecular complexity index is 440. The first-order valence-corrected chi connectivity index (χ1v) is 6.82. The van der Waals surface area contributed by atoms with Gasteiger partial charge in [0.2, 0.25) is 0 Å². The Morgan fingerprint density at radius 2 is 1.81 bits per heavy atom. The van der Waals surface area contributed by atoms with Crippen LogP contribution in [-0.2, 0) is 9.84 Å². The van der Waals surface area contributed by atoms with E-state index in [1.807, 2.05) is 0 Å². The lowest BCUT2D eigenvalue weighted by Gasteiger charge is -2.07. The summed E-state index contributed by atoms with van der Waals surface area (Å²) in [5.74, 6) is -1.37. The number of anilines is 1. The second kappa shape index (κ2) is 5.25. The first kappa shape index (κ1) is 12.9. The van der Waals surface area contributed by atoms with E-state index in [9.17, 15) is 17.2 Å². The number of hydrogen-bond acceptors (Lipinski definition) is 3. The summed E-state index contributed by atoms with van der Waals surface area (Å²) < 4.78 is 47.8. The van der Waals surface area contributed by atoms with Gasteiger partial charge in [0.05, 0.1) is 5.75 Å². The highest BCUT2D eigenvalue weighted by atomic mass is 32.2. The fourth-order valence-corrected chi connectivity index (χ4v) is 1.88. The average molecular weight is 249 g/mol. The summed E-state index contributed by atoms with van der Waals surface area (Å²) in [6, 6.07) is 3.55. The van der Waals surface area contributed by atoms with E-state index in [4.69, 9.17) is 0 Å². The molecule has 0 radical (unpaired) electrons. The van der Waals surface area contributed by atoms with Crippen molar-refractivity contribution < 1.29 is 17.2 Å². The third-order valence-corrected chi connectivity index (χ3v) is 2.99. The van der Waals surface area contributed by atoms with Gasteiger partial charge >= 0.3 is 0 Å². The molecule has 1 aromatic rings. The van der Waals surface area contributed by atoms with Crippen molar-refractivity contribution in [3.63, 3.8) is 0 Å². The maximum absolute atomic E-state index is 13.1. The largest absolute Gasteiger partial charge is 0.380 e. The van der Waals surface area contributed by atoms with Crippen molar-refractivity contribution >= 4 is 15.5 Å². The van der Waals surface area contributed by atoms with Gasteiger partial charge in [-0.25, -0.2) is 17.2 Å². The van der Waals surface area contributed by atoms with E-state index in [1.54, 1.807) is 0 Å². The summed E-state index contributed by atoms with van der Waals surface area (Å²) in [5.41, 5.74) is -0.212. The zero-order valence-electron chi connectivity index (χ0n) is 8.83. The number of nitrogens with one attached hydrogen (secondary N) is 1. The van der Waals surface area contributed by atoms with Crippen LogP contribution in [0.4, 0.5) is 14.5 Å². The highest BCUT2D eigenvalue weighted by molar-refractivity contribution is 7.90. The molecule has 1 aromatic carbocycles. The van der Waals surface area contributed by atoms with Gasteiger partial charge in [-0.1, -0.05) is 6.07 Å². The van der Waals surface area contributed by atoms with Crippen LogP contribution in [0, 0.1) is 11.6 Å². The van der Waals surface area contributed by atoms with Crippen LogP contribution in [0.2, 0.25) is 0 Å². The van der Waals surface area contributed by atoms with Crippen LogP contribution in [0.5, 0.6) is 0 Å².